The molecule has 1 aliphatic heterocycles. The Morgan fingerprint density at radius 2 is 1.90 bits per heavy atom. The van der Waals surface area contributed by atoms with Crippen molar-refractivity contribution in [3.8, 4) is 5.75 Å². The summed E-state index contributed by atoms with van der Waals surface area (Å²) in [5.41, 5.74) is 0.717. The lowest BCUT2D eigenvalue weighted by Crippen LogP contribution is -2.46. The maximum absolute atomic E-state index is 12.7. The molecule has 160 valence electrons. The summed E-state index contributed by atoms with van der Waals surface area (Å²) in [5, 5.41) is 3.37. The van der Waals surface area contributed by atoms with E-state index in [-0.39, 0.29) is 11.5 Å². The zero-order valence-corrected chi connectivity index (χ0v) is 17.5. The molecule has 31 heavy (non-hydrogen) atoms. The molecule has 2 aromatic carbocycles. The number of rotatable bonds is 5. The number of benzene rings is 2. The van der Waals surface area contributed by atoms with E-state index in [0.29, 0.717) is 41.2 Å². The molecule has 8 nitrogen and oxygen atoms in total. The van der Waals surface area contributed by atoms with Crippen molar-refractivity contribution in [2.75, 3.05) is 37.4 Å². The van der Waals surface area contributed by atoms with Gasteiger partial charge in [0.2, 0.25) is 0 Å². The number of anilines is 2. The largest absolute Gasteiger partial charge is 0.479 e. The molecule has 0 spiro atoms. The second-order valence-electron chi connectivity index (χ2n) is 7.68. The number of likely N-dealkylation sites (N-methyl/N-ethyl adjacent to an activating group) is 1. The maximum Gasteiger partial charge on any atom is 0.349 e. The van der Waals surface area contributed by atoms with E-state index in [9.17, 15) is 14.4 Å². The van der Waals surface area contributed by atoms with Crippen LogP contribution in [-0.4, -0.2) is 50.0 Å². The van der Waals surface area contributed by atoms with Crippen LogP contribution in [0.3, 0.4) is 0 Å². The lowest BCUT2D eigenvalue weighted by molar-refractivity contribution is -0.125. The Balaban J connectivity index is 1.60. The van der Waals surface area contributed by atoms with Crippen molar-refractivity contribution in [3.63, 3.8) is 0 Å². The molecule has 0 fully saturated rings. The Hall–Kier alpha value is -3.65. The Labute approximate surface area is 179 Å². The number of amides is 2. The van der Waals surface area contributed by atoms with Gasteiger partial charge in [-0.1, -0.05) is 18.2 Å². The summed E-state index contributed by atoms with van der Waals surface area (Å²) in [6.07, 6.45) is -0.631. The van der Waals surface area contributed by atoms with E-state index in [1.54, 1.807) is 54.3 Å². The highest BCUT2D eigenvalue weighted by molar-refractivity contribution is 6.06. The Morgan fingerprint density at radius 1 is 1.13 bits per heavy atom. The van der Waals surface area contributed by atoms with Gasteiger partial charge in [0.25, 0.3) is 11.8 Å². The molecule has 2 heterocycles. The third-order valence-corrected chi connectivity index (χ3v) is 5.08. The van der Waals surface area contributed by atoms with Crippen molar-refractivity contribution in [1.82, 2.24) is 4.90 Å². The fourth-order valence-electron chi connectivity index (χ4n) is 3.44. The molecular formula is C23H23N3O5. The van der Waals surface area contributed by atoms with Crippen LogP contribution >= 0.6 is 0 Å². The van der Waals surface area contributed by atoms with Crippen molar-refractivity contribution in [2.24, 2.45) is 0 Å². The normalized spacial score (nSPS) is 15.7. The number of para-hydroxylation sites is 1. The first-order valence-corrected chi connectivity index (χ1v) is 9.94. The second kappa shape index (κ2) is 8.23. The van der Waals surface area contributed by atoms with Crippen molar-refractivity contribution < 1.29 is 18.7 Å². The highest BCUT2D eigenvalue weighted by Gasteiger charge is 2.31. The SMILES string of the molecule is CC1Oc2cc(NC(=O)c3cc4ccccc4oc3=O)ccc2N(CCN(C)C)C1=O. The predicted octanol–water partition coefficient (Wildman–Crippen LogP) is 2.72. The number of carbonyl (C=O) groups is 2. The number of hydrogen-bond acceptors (Lipinski definition) is 6. The van der Waals surface area contributed by atoms with E-state index in [1.807, 2.05) is 19.0 Å². The van der Waals surface area contributed by atoms with Crippen LogP contribution in [0, 0.1) is 0 Å². The topological polar surface area (TPSA) is 92.1 Å². The van der Waals surface area contributed by atoms with Crippen LogP contribution in [0.5, 0.6) is 5.75 Å². The molecule has 0 bridgehead atoms. The number of hydrogen-bond donors (Lipinski definition) is 1. The van der Waals surface area contributed by atoms with Crippen LogP contribution in [0.2, 0.25) is 0 Å². The van der Waals surface area contributed by atoms with Crippen molar-refractivity contribution in [3.05, 3.63) is 64.5 Å². The maximum atomic E-state index is 12.7. The predicted molar refractivity (Wildman–Crippen MR) is 118 cm³/mol. The molecule has 1 aromatic heterocycles. The molecule has 0 saturated heterocycles. The number of nitrogens with zero attached hydrogens (tertiary/aromatic N) is 2. The van der Waals surface area contributed by atoms with Gasteiger partial charge < -0.3 is 24.3 Å². The second-order valence-corrected chi connectivity index (χ2v) is 7.68. The molecule has 1 atom stereocenters. The molecule has 1 N–H and O–H groups in total. The van der Waals surface area contributed by atoms with Gasteiger partial charge in [-0.25, -0.2) is 4.79 Å². The third-order valence-electron chi connectivity index (χ3n) is 5.08. The molecule has 4 rings (SSSR count). The number of nitrogens with one attached hydrogen (secondary N) is 1. The van der Waals surface area contributed by atoms with Crippen LogP contribution in [0.1, 0.15) is 17.3 Å². The van der Waals surface area contributed by atoms with Crippen molar-refractivity contribution in [2.45, 2.75) is 13.0 Å². The average Bonchev–Trinajstić information content (AvgIpc) is 2.73. The number of ether oxygens (including phenoxy) is 1. The number of fused-ring (bicyclic) bond motifs is 2. The van der Waals surface area contributed by atoms with Gasteiger partial charge in [0, 0.05) is 30.2 Å². The average molecular weight is 421 g/mol. The lowest BCUT2D eigenvalue weighted by Gasteiger charge is -2.34. The standard InChI is InChI=1S/C23H23N3O5/c1-14-22(28)26(11-10-25(2)3)18-9-8-16(13-20(18)30-14)24-21(27)17-12-15-6-4-5-7-19(15)31-23(17)29/h4-9,12-14H,10-11H2,1-3H3,(H,24,27). The van der Waals surface area contributed by atoms with E-state index in [0.717, 1.165) is 0 Å². The summed E-state index contributed by atoms with van der Waals surface area (Å²) >= 11 is 0. The van der Waals surface area contributed by atoms with Gasteiger partial charge in [-0.05, 0) is 45.3 Å². The summed E-state index contributed by atoms with van der Waals surface area (Å²) in [5.74, 6) is -0.196. The van der Waals surface area contributed by atoms with Crippen molar-refractivity contribution >= 4 is 34.2 Å². The summed E-state index contributed by atoms with van der Waals surface area (Å²) in [6, 6.07) is 13.6. The minimum absolute atomic E-state index is 0.0894. The summed E-state index contributed by atoms with van der Waals surface area (Å²) in [6.45, 7) is 2.92. The smallest absolute Gasteiger partial charge is 0.349 e. The zero-order chi connectivity index (χ0) is 22.1. The lowest BCUT2D eigenvalue weighted by atomic mass is 10.1. The van der Waals surface area contributed by atoms with Gasteiger partial charge in [-0.15, -0.1) is 0 Å². The van der Waals surface area contributed by atoms with Crippen molar-refractivity contribution in [1.29, 1.82) is 0 Å². The van der Waals surface area contributed by atoms with Gasteiger partial charge in [0.05, 0.1) is 5.69 Å². The van der Waals surface area contributed by atoms with Crippen LogP contribution < -0.4 is 20.6 Å². The highest BCUT2D eigenvalue weighted by atomic mass is 16.5. The van der Waals surface area contributed by atoms with E-state index in [4.69, 9.17) is 9.15 Å². The molecule has 3 aromatic rings. The van der Waals surface area contributed by atoms with Crippen LogP contribution in [0.25, 0.3) is 11.0 Å². The summed E-state index contributed by atoms with van der Waals surface area (Å²) < 4.78 is 11.0. The Bertz CT molecular complexity index is 1220. The van der Waals surface area contributed by atoms with E-state index < -0.39 is 17.6 Å². The summed E-state index contributed by atoms with van der Waals surface area (Å²) in [4.78, 5) is 41.2. The van der Waals surface area contributed by atoms with Gasteiger partial charge in [-0.3, -0.25) is 9.59 Å². The monoisotopic (exact) mass is 421 g/mol. The van der Waals surface area contributed by atoms with Crippen LogP contribution in [0.15, 0.2) is 57.7 Å². The van der Waals surface area contributed by atoms with Crippen LogP contribution in [-0.2, 0) is 4.79 Å². The fraction of sp³-hybridized carbons (Fsp3) is 0.261. The highest BCUT2D eigenvalue weighted by Crippen LogP contribution is 2.36. The quantitative estimate of drug-likeness (QED) is 0.637. The van der Waals surface area contributed by atoms with Gasteiger partial charge >= 0.3 is 5.63 Å². The third kappa shape index (κ3) is 4.15. The van der Waals surface area contributed by atoms with E-state index in [1.165, 1.54) is 6.07 Å². The molecule has 0 saturated carbocycles. The van der Waals surface area contributed by atoms with E-state index in [2.05, 4.69) is 5.32 Å². The molecule has 0 aliphatic carbocycles. The van der Waals surface area contributed by atoms with Gasteiger partial charge in [0.1, 0.15) is 16.9 Å². The molecule has 8 heteroatoms. The minimum Gasteiger partial charge on any atom is -0.479 e. The molecular weight excluding hydrogens is 398 g/mol. The fourth-order valence-corrected chi connectivity index (χ4v) is 3.44. The Morgan fingerprint density at radius 3 is 2.68 bits per heavy atom. The molecule has 2 amide bonds. The zero-order valence-electron chi connectivity index (χ0n) is 17.5. The minimum atomic E-state index is -0.709. The van der Waals surface area contributed by atoms with Gasteiger partial charge in [-0.2, -0.15) is 0 Å². The Kier molecular flexibility index (Phi) is 5.48. The first-order valence-electron chi connectivity index (χ1n) is 9.94. The summed E-state index contributed by atoms with van der Waals surface area (Å²) in [7, 11) is 3.88. The van der Waals surface area contributed by atoms with E-state index >= 15 is 0 Å². The molecule has 0 radical (unpaired) electrons. The first kappa shape index (κ1) is 20.6. The van der Waals surface area contributed by atoms with Crippen LogP contribution in [0.4, 0.5) is 11.4 Å². The van der Waals surface area contributed by atoms with Gasteiger partial charge in [0.15, 0.2) is 6.10 Å². The first-order chi connectivity index (χ1) is 14.8. The number of carbonyl (C=O) groups excluding carboxylic acids is 2. The molecule has 1 unspecified atom stereocenters. The molecule has 1 aliphatic rings.